The topological polar surface area (TPSA) is 20.2 Å². The first-order chi connectivity index (χ1) is 9.65. The molecular formula is C18H15BrO. The maximum atomic E-state index is 10.6. The van der Waals surface area contributed by atoms with Crippen molar-refractivity contribution in [3.63, 3.8) is 0 Å². The van der Waals surface area contributed by atoms with Gasteiger partial charge in [0.25, 0.3) is 0 Å². The molecule has 0 saturated carbocycles. The molecule has 1 N–H and O–H groups in total. The monoisotopic (exact) mass is 326 g/mol. The fourth-order valence-corrected chi connectivity index (χ4v) is 2.84. The fraction of sp³-hybridized carbons (Fsp3) is 0.111. The molecule has 100 valence electrons. The van der Waals surface area contributed by atoms with E-state index in [2.05, 4.69) is 40.2 Å². The Hall–Kier alpha value is -1.64. The summed E-state index contributed by atoms with van der Waals surface area (Å²) >= 11 is 3.47. The molecule has 0 spiro atoms. The molecule has 0 aliphatic carbocycles. The second kappa shape index (κ2) is 5.39. The Bertz CT molecular complexity index is 764. The number of halogens is 1. The highest BCUT2D eigenvalue weighted by Gasteiger charge is 2.13. The Morgan fingerprint density at radius 1 is 0.900 bits per heavy atom. The third-order valence-electron chi connectivity index (χ3n) is 3.63. The summed E-state index contributed by atoms with van der Waals surface area (Å²) < 4.78 is 0.984. The predicted octanol–water partition coefficient (Wildman–Crippen LogP) is 4.99. The van der Waals surface area contributed by atoms with Gasteiger partial charge >= 0.3 is 0 Å². The van der Waals surface area contributed by atoms with Crippen LogP contribution in [0.4, 0.5) is 0 Å². The highest BCUT2D eigenvalue weighted by Crippen LogP contribution is 2.29. The Morgan fingerprint density at radius 2 is 1.65 bits per heavy atom. The van der Waals surface area contributed by atoms with Gasteiger partial charge in [-0.25, -0.2) is 0 Å². The van der Waals surface area contributed by atoms with Gasteiger partial charge < -0.3 is 5.11 Å². The molecule has 1 nitrogen and oxygen atoms in total. The first-order valence-electron chi connectivity index (χ1n) is 6.58. The molecule has 0 radical (unpaired) electrons. The van der Waals surface area contributed by atoms with Crippen LogP contribution in [0.15, 0.2) is 65.1 Å². The lowest BCUT2D eigenvalue weighted by molar-refractivity contribution is 0.219. The molecule has 0 aromatic heterocycles. The lowest BCUT2D eigenvalue weighted by Crippen LogP contribution is -2.02. The van der Waals surface area contributed by atoms with Crippen molar-refractivity contribution in [1.29, 1.82) is 0 Å². The van der Waals surface area contributed by atoms with Crippen molar-refractivity contribution in [2.24, 2.45) is 0 Å². The van der Waals surface area contributed by atoms with Crippen molar-refractivity contribution < 1.29 is 5.11 Å². The number of aryl methyl sites for hydroxylation is 1. The van der Waals surface area contributed by atoms with Gasteiger partial charge in [0.15, 0.2) is 0 Å². The largest absolute Gasteiger partial charge is 0.384 e. The van der Waals surface area contributed by atoms with Crippen molar-refractivity contribution in [2.45, 2.75) is 13.0 Å². The molecule has 0 aliphatic heterocycles. The number of hydrogen-bond acceptors (Lipinski definition) is 1. The summed E-state index contributed by atoms with van der Waals surface area (Å²) in [5.74, 6) is 0. The van der Waals surface area contributed by atoms with Gasteiger partial charge in [-0.1, -0.05) is 58.4 Å². The lowest BCUT2D eigenvalue weighted by atomic mass is 9.96. The first-order valence-corrected chi connectivity index (χ1v) is 7.37. The Labute approximate surface area is 127 Å². The van der Waals surface area contributed by atoms with Crippen LogP contribution in [0.25, 0.3) is 10.8 Å². The standard InChI is InChI=1S/C18H15BrO/c1-12-6-9-16(19)11-17(12)18(20)15-8-7-13-4-2-3-5-14(13)10-15/h2-11,18,20H,1H3. The van der Waals surface area contributed by atoms with Crippen molar-refractivity contribution in [3.8, 4) is 0 Å². The van der Waals surface area contributed by atoms with Crippen LogP contribution in [-0.4, -0.2) is 5.11 Å². The van der Waals surface area contributed by atoms with Gasteiger partial charge in [-0.2, -0.15) is 0 Å². The summed E-state index contributed by atoms with van der Waals surface area (Å²) in [6.45, 7) is 2.02. The van der Waals surface area contributed by atoms with Crippen LogP contribution >= 0.6 is 15.9 Å². The van der Waals surface area contributed by atoms with E-state index in [0.717, 1.165) is 26.5 Å². The summed E-state index contributed by atoms with van der Waals surface area (Å²) in [4.78, 5) is 0. The van der Waals surface area contributed by atoms with Gasteiger partial charge in [0.1, 0.15) is 6.10 Å². The minimum Gasteiger partial charge on any atom is -0.384 e. The molecule has 0 bridgehead atoms. The summed E-state index contributed by atoms with van der Waals surface area (Å²) in [7, 11) is 0. The molecule has 0 saturated heterocycles. The van der Waals surface area contributed by atoms with Crippen LogP contribution in [-0.2, 0) is 0 Å². The van der Waals surface area contributed by atoms with E-state index in [9.17, 15) is 5.11 Å². The van der Waals surface area contributed by atoms with Crippen molar-refractivity contribution >= 4 is 26.7 Å². The number of fused-ring (bicyclic) bond motifs is 1. The highest BCUT2D eigenvalue weighted by molar-refractivity contribution is 9.10. The molecule has 3 aromatic rings. The van der Waals surface area contributed by atoms with E-state index in [-0.39, 0.29) is 0 Å². The van der Waals surface area contributed by atoms with Gasteiger partial charge in [0.05, 0.1) is 0 Å². The molecule has 1 atom stereocenters. The van der Waals surface area contributed by atoms with E-state index < -0.39 is 6.10 Å². The van der Waals surface area contributed by atoms with Crippen molar-refractivity contribution in [1.82, 2.24) is 0 Å². The third kappa shape index (κ3) is 2.49. The van der Waals surface area contributed by atoms with Crippen LogP contribution in [0, 0.1) is 6.92 Å². The molecule has 3 aromatic carbocycles. The number of hydrogen-bond donors (Lipinski definition) is 1. The third-order valence-corrected chi connectivity index (χ3v) is 4.12. The maximum Gasteiger partial charge on any atom is 0.104 e. The minimum atomic E-state index is -0.600. The van der Waals surface area contributed by atoms with Gasteiger partial charge in [-0.15, -0.1) is 0 Å². The molecule has 0 fully saturated rings. The summed E-state index contributed by atoms with van der Waals surface area (Å²) in [6, 6.07) is 20.3. The van der Waals surface area contributed by atoms with E-state index in [1.54, 1.807) is 0 Å². The number of aliphatic hydroxyl groups excluding tert-OH is 1. The van der Waals surface area contributed by atoms with Crippen LogP contribution in [0.3, 0.4) is 0 Å². The predicted molar refractivity (Wildman–Crippen MR) is 86.9 cm³/mol. The fourth-order valence-electron chi connectivity index (χ4n) is 2.46. The minimum absolute atomic E-state index is 0.600. The van der Waals surface area contributed by atoms with Crippen molar-refractivity contribution in [2.75, 3.05) is 0 Å². The second-order valence-corrected chi connectivity index (χ2v) is 5.93. The van der Waals surface area contributed by atoms with Crippen LogP contribution < -0.4 is 0 Å². The molecule has 20 heavy (non-hydrogen) atoms. The van der Waals surface area contributed by atoms with Gasteiger partial charge in [-0.3, -0.25) is 0 Å². The molecular weight excluding hydrogens is 312 g/mol. The zero-order valence-electron chi connectivity index (χ0n) is 11.2. The molecule has 3 rings (SSSR count). The van der Waals surface area contributed by atoms with E-state index in [0.29, 0.717) is 0 Å². The number of benzene rings is 3. The van der Waals surface area contributed by atoms with Crippen LogP contribution in [0.1, 0.15) is 22.8 Å². The van der Waals surface area contributed by atoms with E-state index in [4.69, 9.17) is 0 Å². The van der Waals surface area contributed by atoms with Crippen LogP contribution in [0.5, 0.6) is 0 Å². The molecule has 0 heterocycles. The smallest absolute Gasteiger partial charge is 0.104 e. The average molecular weight is 327 g/mol. The van der Waals surface area contributed by atoms with Crippen LogP contribution in [0.2, 0.25) is 0 Å². The summed E-state index contributed by atoms with van der Waals surface area (Å²) in [5, 5.41) is 13.0. The summed E-state index contributed by atoms with van der Waals surface area (Å²) in [5.41, 5.74) is 2.95. The zero-order chi connectivity index (χ0) is 14.1. The Morgan fingerprint density at radius 3 is 2.45 bits per heavy atom. The Balaban J connectivity index is 2.07. The van der Waals surface area contributed by atoms with Crippen molar-refractivity contribution in [3.05, 3.63) is 81.8 Å². The lowest BCUT2D eigenvalue weighted by Gasteiger charge is -2.15. The zero-order valence-corrected chi connectivity index (χ0v) is 12.8. The maximum absolute atomic E-state index is 10.6. The number of aliphatic hydroxyl groups is 1. The molecule has 0 aliphatic rings. The quantitative estimate of drug-likeness (QED) is 0.703. The second-order valence-electron chi connectivity index (χ2n) is 5.01. The van der Waals surface area contributed by atoms with Gasteiger partial charge in [-0.05, 0) is 52.6 Å². The first kappa shape index (κ1) is 13.3. The van der Waals surface area contributed by atoms with Gasteiger partial charge in [0, 0.05) is 4.47 Å². The summed E-state index contributed by atoms with van der Waals surface area (Å²) in [6.07, 6.45) is -0.600. The molecule has 1 unspecified atom stereocenters. The molecule has 0 amide bonds. The van der Waals surface area contributed by atoms with E-state index in [1.165, 1.54) is 5.39 Å². The van der Waals surface area contributed by atoms with Gasteiger partial charge in [0.2, 0.25) is 0 Å². The van der Waals surface area contributed by atoms with E-state index in [1.807, 2.05) is 43.3 Å². The normalized spacial score (nSPS) is 12.6. The average Bonchev–Trinajstić information content (AvgIpc) is 2.48. The molecule has 2 heteroatoms. The Kier molecular flexibility index (Phi) is 3.60. The number of rotatable bonds is 2. The SMILES string of the molecule is Cc1ccc(Br)cc1C(O)c1ccc2ccccc2c1. The highest BCUT2D eigenvalue weighted by atomic mass is 79.9. The van der Waals surface area contributed by atoms with E-state index >= 15 is 0 Å².